The van der Waals surface area contributed by atoms with Gasteiger partial charge >= 0.3 is 0 Å². The van der Waals surface area contributed by atoms with E-state index in [1.54, 1.807) is 17.0 Å². The number of hydrogen-bond acceptors (Lipinski definition) is 4. The molecule has 0 radical (unpaired) electrons. The van der Waals surface area contributed by atoms with E-state index >= 15 is 0 Å². The molecular weight excluding hydrogens is 370 g/mol. The number of nitrogens with zero attached hydrogens (tertiary/aromatic N) is 2. The summed E-state index contributed by atoms with van der Waals surface area (Å²) in [7, 11) is 0. The Labute approximate surface area is 170 Å². The highest BCUT2D eigenvalue weighted by Gasteiger charge is 2.24. The zero-order chi connectivity index (χ0) is 20.6. The lowest BCUT2D eigenvalue weighted by Gasteiger charge is -2.29. The summed E-state index contributed by atoms with van der Waals surface area (Å²) in [6, 6.07) is 14.7. The fraction of sp³-hybridized carbons (Fsp3) is 0.333. The predicted octanol–water partition coefficient (Wildman–Crippen LogP) is -0.663. The number of nitrogens with one attached hydrogen (secondary N) is 3. The van der Waals surface area contributed by atoms with E-state index in [0.29, 0.717) is 12.1 Å². The van der Waals surface area contributed by atoms with Gasteiger partial charge in [-0.2, -0.15) is 5.10 Å². The highest BCUT2D eigenvalue weighted by molar-refractivity contribution is 5.82. The van der Waals surface area contributed by atoms with Crippen molar-refractivity contribution in [2.75, 3.05) is 32.7 Å². The van der Waals surface area contributed by atoms with Gasteiger partial charge in [0.25, 0.3) is 11.6 Å². The number of hydrazone groups is 1. The Hall–Kier alpha value is -3.10. The topological polar surface area (TPSA) is 93.5 Å². The third-order valence-corrected chi connectivity index (χ3v) is 5.16. The third-order valence-electron chi connectivity index (χ3n) is 5.16. The van der Waals surface area contributed by atoms with Gasteiger partial charge in [-0.1, -0.05) is 29.8 Å². The molecule has 0 bridgehead atoms. The minimum Gasteiger partial charge on any atom is -0.322 e. The molecule has 1 aliphatic heterocycles. The molecule has 0 saturated carbocycles. The number of benzene rings is 2. The maximum atomic E-state index is 12.1. The predicted molar refractivity (Wildman–Crippen MR) is 110 cm³/mol. The molecule has 1 amide bonds. The number of nitro groups is 1. The lowest BCUT2D eigenvalue weighted by atomic mass is 10.1. The molecule has 0 aromatic heterocycles. The molecule has 1 heterocycles. The number of carbonyl (C=O) groups is 1. The van der Waals surface area contributed by atoms with Crippen molar-refractivity contribution in [3.8, 4) is 0 Å². The zero-order valence-corrected chi connectivity index (χ0v) is 16.6. The first-order valence-electron chi connectivity index (χ1n) is 9.78. The molecule has 0 spiro atoms. The Bertz CT molecular complexity index is 857. The average Bonchev–Trinajstić information content (AvgIpc) is 2.71. The molecule has 3 N–H and O–H groups in total. The Kier molecular flexibility index (Phi) is 7.04. The van der Waals surface area contributed by atoms with Crippen LogP contribution < -0.4 is 15.2 Å². The van der Waals surface area contributed by atoms with Gasteiger partial charge in [0, 0.05) is 17.7 Å². The monoisotopic (exact) mass is 397 g/mol. The van der Waals surface area contributed by atoms with Crippen molar-refractivity contribution >= 4 is 17.8 Å². The van der Waals surface area contributed by atoms with Crippen molar-refractivity contribution in [3.05, 3.63) is 75.3 Å². The van der Waals surface area contributed by atoms with E-state index in [0.717, 1.165) is 32.7 Å². The van der Waals surface area contributed by atoms with Crippen LogP contribution in [-0.4, -0.2) is 49.8 Å². The summed E-state index contributed by atoms with van der Waals surface area (Å²) in [4.78, 5) is 25.1. The lowest BCUT2D eigenvalue weighted by molar-refractivity contribution is -1.02. The largest absolute Gasteiger partial charge is 0.322 e. The minimum absolute atomic E-state index is 0.0263. The second-order valence-electron chi connectivity index (χ2n) is 7.48. The molecule has 2 aromatic carbocycles. The van der Waals surface area contributed by atoms with Crippen molar-refractivity contribution in [2.24, 2.45) is 5.10 Å². The Morgan fingerprint density at radius 2 is 1.69 bits per heavy atom. The van der Waals surface area contributed by atoms with Gasteiger partial charge in [0.2, 0.25) is 0 Å². The van der Waals surface area contributed by atoms with Gasteiger partial charge in [-0.25, -0.2) is 5.43 Å². The normalized spacial score (nSPS) is 19.2. The Morgan fingerprint density at radius 3 is 2.31 bits per heavy atom. The summed E-state index contributed by atoms with van der Waals surface area (Å²) in [5.74, 6) is -0.125. The number of rotatable bonds is 7. The smallest absolute Gasteiger partial charge is 0.295 e. The fourth-order valence-corrected chi connectivity index (χ4v) is 3.43. The SMILES string of the molecule is Cc1ccc(C[NH+]2CC[NH+](CC(=O)N/N=C\c3ccc([N+](=O)[O-])cc3)CC2)cc1. The molecule has 152 valence electrons. The number of piperazine rings is 1. The van der Waals surface area contributed by atoms with Crippen molar-refractivity contribution < 1.29 is 19.5 Å². The highest BCUT2D eigenvalue weighted by Crippen LogP contribution is 2.10. The molecule has 0 unspecified atom stereocenters. The van der Waals surface area contributed by atoms with Crippen LogP contribution in [0.5, 0.6) is 0 Å². The summed E-state index contributed by atoms with van der Waals surface area (Å²) >= 11 is 0. The van der Waals surface area contributed by atoms with Crippen LogP contribution in [0.4, 0.5) is 5.69 Å². The summed E-state index contributed by atoms with van der Waals surface area (Å²) in [6.45, 7) is 7.53. The van der Waals surface area contributed by atoms with Crippen LogP contribution in [0.3, 0.4) is 0 Å². The number of quaternary nitrogens is 2. The molecule has 3 rings (SSSR count). The maximum Gasteiger partial charge on any atom is 0.295 e. The standard InChI is InChI=1S/C21H25N5O3/c1-17-2-4-19(5-3-17)15-24-10-12-25(13-11-24)16-21(27)23-22-14-18-6-8-20(9-7-18)26(28)29/h2-9,14H,10-13,15-16H2,1H3,(H,23,27)/p+2/b22-14-. The zero-order valence-electron chi connectivity index (χ0n) is 16.6. The summed E-state index contributed by atoms with van der Waals surface area (Å²) in [6.07, 6.45) is 1.49. The first kappa shape index (κ1) is 20.6. The molecule has 1 aliphatic rings. The van der Waals surface area contributed by atoms with E-state index in [9.17, 15) is 14.9 Å². The van der Waals surface area contributed by atoms with Crippen LogP contribution in [0.1, 0.15) is 16.7 Å². The van der Waals surface area contributed by atoms with Crippen LogP contribution in [0, 0.1) is 17.0 Å². The van der Waals surface area contributed by atoms with Crippen molar-refractivity contribution in [1.82, 2.24) is 5.43 Å². The van der Waals surface area contributed by atoms with Crippen LogP contribution in [0.15, 0.2) is 53.6 Å². The number of nitro benzene ring substituents is 1. The second-order valence-corrected chi connectivity index (χ2v) is 7.48. The molecule has 2 aromatic rings. The molecule has 1 fully saturated rings. The molecule has 1 saturated heterocycles. The summed E-state index contributed by atoms with van der Waals surface area (Å²) in [5, 5.41) is 14.6. The minimum atomic E-state index is -0.451. The van der Waals surface area contributed by atoms with Gasteiger partial charge < -0.3 is 9.80 Å². The van der Waals surface area contributed by atoms with E-state index < -0.39 is 4.92 Å². The average molecular weight is 397 g/mol. The van der Waals surface area contributed by atoms with Crippen molar-refractivity contribution in [2.45, 2.75) is 13.5 Å². The summed E-state index contributed by atoms with van der Waals surface area (Å²) in [5.41, 5.74) is 5.89. The number of carbonyl (C=O) groups excluding carboxylic acids is 1. The quantitative estimate of drug-likeness (QED) is 0.329. The first-order chi connectivity index (χ1) is 14.0. The molecule has 8 heteroatoms. The van der Waals surface area contributed by atoms with Crippen LogP contribution in [-0.2, 0) is 11.3 Å². The Morgan fingerprint density at radius 1 is 1.07 bits per heavy atom. The van der Waals surface area contributed by atoms with Crippen LogP contribution in [0.25, 0.3) is 0 Å². The van der Waals surface area contributed by atoms with Gasteiger partial charge in [0.1, 0.15) is 32.7 Å². The van der Waals surface area contributed by atoms with Gasteiger partial charge in [0.05, 0.1) is 11.1 Å². The maximum absolute atomic E-state index is 12.1. The van der Waals surface area contributed by atoms with E-state index in [2.05, 4.69) is 41.7 Å². The molecule has 29 heavy (non-hydrogen) atoms. The van der Waals surface area contributed by atoms with E-state index in [-0.39, 0.29) is 11.6 Å². The lowest BCUT2D eigenvalue weighted by Crippen LogP contribution is -3.28. The molecule has 0 atom stereocenters. The molecule has 0 aliphatic carbocycles. The van der Waals surface area contributed by atoms with E-state index in [1.165, 1.54) is 34.4 Å². The van der Waals surface area contributed by atoms with Crippen molar-refractivity contribution in [3.63, 3.8) is 0 Å². The first-order valence-corrected chi connectivity index (χ1v) is 9.78. The highest BCUT2D eigenvalue weighted by atomic mass is 16.6. The second kappa shape index (κ2) is 9.90. The van der Waals surface area contributed by atoms with Crippen molar-refractivity contribution in [1.29, 1.82) is 0 Å². The number of hydrogen-bond donors (Lipinski definition) is 3. The van der Waals surface area contributed by atoms with Gasteiger partial charge in [-0.15, -0.1) is 0 Å². The number of non-ortho nitro benzene ring substituents is 1. The van der Waals surface area contributed by atoms with Crippen LogP contribution in [0.2, 0.25) is 0 Å². The third kappa shape index (κ3) is 6.48. The fourth-order valence-electron chi connectivity index (χ4n) is 3.43. The summed E-state index contributed by atoms with van der Waals surface area (Å²) < 4.78 is 0. The number of amides is 1. The molecule has 8 nitrogen and oxygen atoms in total. The van der Waals surface area contributed by atoms with Gasteiger partial charge in [0.15, 0.2) is 6.54 Å². The molecular formula is C21H27N5O3+2. The van der Waals surface area contributed by atoms with Crippen LogP contribution >= 0.6 is 0 Å². The number of aryl methyl sites for hydroxylation is 1. The van der Waals surface area contributed by atoms with Gasteiger partial charge in [-0.05, 0) is 24.6 Å². The van der Waals surface area contributed by atoms with Gasteiger partial charge in [-0.3, -0.25) is 14.9 Å². The Balaban J connectivity index is 1.38. The van der Waals surface area contributed by atoms with E-state index in [4.69, 9.17) is 0 Å². The van der Waals surface area contributed by atoms with E-state index in [1.807, 2.05) is 0 Å².